The summed E-state index contributed by atoms with van der Waals surface area (Å²) in [6.45, 7) is 1.91. The van der Waals surface area contributed by atoms with Gasteiger partial charge in [-0.3, -0.25) is 0 Å². The summed E-state index contributed by atoms with van der Waals surface area (Å²) in [6.07, 6.45) is 0. The minimum atomic E-state index is -0.975. The van der Waals surface area contributed by atoms with Crippen molar-refractivity contribution >= 4 is 11.7 Å². The minimum absolute atomic E-state index is 0.0209. The summed E-state index contributed by atoms with van der Waals surface area (Å²) >= 11 is 0. The fourth-order valence-electron chi connectivity index (χ4n) is 1.64. The molecule has 7 heteroatoms. The third-order valence-electron chi connectivity index (χ3n) is 2.60. The van der Waals surface area contributed by atoms with E-state index in [0.29, 0.717) is 17.5 Å². The van der Waals surface area contributed by atoms with Gasteiger partial charge in [0.1, 0.15) is 23.1 Å². The zero-order valence-corrected chi connectivity index (χ0v) is 10.9. The Labute approximate surface area is 113 Å². The lowest BCUT2D eigenvalue weighted by Gasteiger charge is -2.08. The molecule has 0 radical (unpaired) electrons. The van der Waals surface area contributed by atoms with Crippen LogP contribution in [0.15, 0.2) is 22.7 Å². The molecule has 5 nitrogen and oxygen atoms in total. The fraction of sp³-hybridized carbons (Fsp3) is 0.231. The van der Waals surface area contributed by atoms with Crippen LogP contribution in [0.5, 0.6) is 0 Å². The Bertz CT molecular complexity index is 641. The van der Waals surface area contributed by atoms with E-state index in [9.17, 15) is 13.6 Å². The third-order valence-corrected chi connectivity index (χ3v) is 2.60. The predicted octanol–water partition coefficient (Wildman–Crippen LogP) is 2.66. The Morgan fingerprint density at radius 2 is 2.10 bits per heavy atom. The van der Waals surface area contributed by atoms with Crippen molar-refractivity contribution in [3.05, 3.63) is 46.9 Å². The number of halogens is 2. The lowest BCUT2D eigenvalue weighted by molar-refractivity contribution is 0.0595. The molecule has 2 aromatic rings. The molecular formula is C13H12F2N2O3. The van der Waals surface area contributed by atoms with Crippen LogP contribution in [0, 0.1) is 18.6 Å². The van der Waals surface area contributed by atoms with Crippen molar-refractivity contribution in [2.75, 3.05) is 12.4 Å². The van der Waals surface area contributed by atoms with Crippen LogP contribution in [0.25, 0.3) is 0 Å². The van der Waals surface area contributed by atoms with Gasteiger partial charge in [0, 0.05) is 12.1 Å². The SMILES string of the molecule is COC(=O)c1cc(NCc2cc(C)on2)c(F)cc1F. The van der Waals surface area contributed by atoms with Crippen LogP contribution < -0.4 is 5.32 Å². The lowest BCUT2D eigenvalue weighted by atomic mass is 10.1. The maximum Gasteiger partial charge on any atom is 0.340 e. The van der Waals surface area contributed by atoms with Gasteiger partial charge in [0.05, 0.1) is 24.9 Å². The second-order valence-electron chi connectivity index (χ2n) is 4.09. The van der Waals surface area contributed by atoms with E-state index in [4.69, 9.17) is 4.52 Å². The van der Waals surface area contributed by atoms with Gasteiger partial charge in [-0.1, -0.05) is 5.16 Å². The molecule has 1 heterocycles. The van der Waals surface area contributed by atoms with Crippen LogP contribution in [0.3, 0.4) is 0 Å². The van der Waals surface area contributed by atoms with Crippen molar-refractivity contribution in [3.63, 3.8) is 0 Å². The Balaban J connectivity index is 2.20. The molecule has 20 heavy (non-hydrogen) atoms. The number of carbonyl (C=O) groups excluding carboxylic acids is 1. The largest absolute Gasteiger partial charge is 0.465 e. The Morgan fingerprint density at radius 3 is 2.70 bits per heavy atom. The molecule has 0 aliphatic rings. The number of nitrogens with one attached hydrogen (secondary N) is 1. The second kappa shape index (κ2) is 5.68. The first kappa shape index (κ1) is 14.0. The van der Waals surface area contributed by atoms with Crippen molar-refractivity contribution in [2.45, 2.75) is 13.5 Å². The minimum Gasteiger partial charge on any atom is -0.465 e. The highest BCUT2D eigenvalue weighted by Gasteiger charge is 2.16. The number of hydrogen-bond donors (Lipinski definition) is 1. The van der Waals surface area contributed by atoms with Crippen molar-refractivity contribution in [3.8, 4) is 0 Å². The number of ether oxygens (including phenoxy) is 1. The first-order chi connectivity index (χ1) is 9.51. The smallest absolute Gasteiger partial charge is 0.340 e. The van der Waals surface area contributed by atoms with E-state index < -0.39 is 17.6 Å². The van der Waals surface area contributed by atoms with E-state index in [-0.39, 0.29) is 17.8 Å². The van der Waals surface area contributed by atoms with E-state index in [1.807, 2.05) is 0 Å². The third kappa shape index (κ3) is 2.93. The average Bonchev–Trinajstić information content (AvgIpc) is 2.83. The predicted molar refractivity (Wildman–Crippen MR) is 66.3 cm³/mol. The molecule has 1 N–H and O–H groups in total. The van der Waals surface area contributed by atoms with E-state index in [0.717, 1.165) is 13.2 Å². The molecule has 0 atom stereocenters. The van der Waals surface area contributed by atoms with Crippen molar-refractivity contribution < 1.29 is 22.8 Å². The standard InChI is InChI=1S/C13H12F2N2O3/c1-7-3-8(17-20-7)6-16-12-4-9(13(18)19-2)10(14)5-11(12)15/h3-5,16H,6H2,1-2H3. The molecule has 0 aliphatic heterocycles. The molecule has 0 amide bonds. The molecule has 0 aliphatic carbocycles. The van der Waals surface area contributed by atoms with Gasteiger partial charge in [-0.15, -0.1) is 0 Å². The van der Waals surface area contributed by atoms with Gasteiger partial charge >= 0.3 is 5.97 Å². The van der Waals surface area contributed by atoms with E-state index >= 15 is 0 Å². The molecule has 1 aromatic heterocycles. The van der Waals surface area contributed by atoms with Gasteiger partial charge in [-0.05, 0) is 13.0 Å². The summed E-state index contributed by atoms with van der Waals surface area (Å²) < 4.78 is 36.3. The molecule has 0 saturated carbocycles. The first-order valence-electron chi connectivity index (χ1n) is 5.74. The van der Waals surface area contributed by atoms with Gasteiger partial charge in [0.2, 0.25) is 0 Å². The van der Waals surface area contributed by atoms with E-state index in [1.54, 1.807) is 13.0 Å². The number of aromatic nitrogens is 1. The van der Waals surface area contributed by atoms with E-state index in [1.165, 1.54) is 0 Å². The molecule has 0 spiro atoms. The molecule has 0 bridgehead atoms. The van der Waals surface area contributed by atoms with Crippen molar-refractivity contribution in [1.82, 2.24) is 5.16 Å². The van der Waals surface area contributed by atoms with Crippen LogP contribution in [-0.2, 0) is 11.3 Å². The highest BCUT2D eigenvalue weighted by atomic mass is 19.1. The molecule has 0 unspecified atom stereocenters. The molecular weight excluding hydrogens is 270 g/mol. The monoisotopic (exact) mass is 282 g/mol. The summed E-state index contributed by atoms with van der Waals surface area (Å²) in [5, 5.41) is 6.44. The molecule has 2 rings (SSSR count). The quantitative estimate of drug-likeness (QED) is 0.873. The zero-order chi connectivity index (χ0) is 14.7. The second-order valence-corrected chi connectivity index (χ2v) is 4.09. The number of methoxy groups -OCH3 is 1. The molecule has 0 fully saturated rings. The summed E-state index contributed by atoms with van der Waals surface area (Å²) in [6, 6.07) is 3.36. The van der Waals surface area contributed by atoms with Gasteiger partial charge in [-0.2, -0.15) is 0 Å². The number of benzene rings is 1. The number of carbonyl (C=O) groups is 1. The van der Waals surface area contributed by atoms with Gasteiger partial charge in [0.15, 0.2) is 0 Å². The zero-order valence-electron chi connectivity index (χ0n) is 10.9. The number of aryl methyl sites for hydroxylation is 1. The maximum absolute atomic E-state index is 13.6. The fourth-order valence-corrected chi connectivity index (χ4v) is 1.64. The lowest BCUT2D eigenvalue weighted by Crippen LogP contribution is -2.08. The maximum atomic E-state index is 13.6. The Morgan fingerprint density at radius 1 is 1.35 bits per heavy atom. The topological polar surface area (TPSA) is 64.4 Å². The van der Waals surface area contributed by atoms with Gasteiger partial charge in [0.25, 0.3) is 0 Å². The number of esters is 1. The molecule has 106 valence electrons. The van der Waals surface area contributed by atoms with Crippen molar-refractivity contribution in [2.24, 2.45) is 0 Å². The highest BCUT2D eigenvalue weighted by molar-refractivity contribution is 5.90. The summed E-state index contributed by atoms with van der Waals surface area (Å²) in [5.74, 6) is -2.04. The van der Waals surface area contributed by atoms with Crippen LogP contribution in [0.1, 0.15) is 21.8 Å². The highest BCUT2D eigenvalue weighted by Crippen LogP contribution is 2.21. The number of hydrogen-bond acceptors (Lipinski definition) is 5. The number of nitrogens with zero attached hydrogens (tertiary/aromatic N) is 1. The van der Waals surface area contributed by atoms with Crippen molar-refractivity contribution in [1.29, 1.82) is 0 Å². The first-order valence-corrected chi connectivity index (χ1v) is 5.74. The summed E-state index contributed by atoms with van der Waals surface area (Å²) in [7, 11) is 1.12. The van der Waals surface area contributed by atoms with Crippen LogP contribution in [-0.4, -0.2) is 18.2 Å². The van der Waals surface area contributed by atoms with Gasteiger partial charge in [-0.25, -0.2) is 13.6 Å². The number of anilines is 1. The Hall–Kier alpha value is -2.44. The summed E-state index contributed by atoms with van der Waals surface area (Å²) in [4.78, 5) is 11.3. The molecule has 0 saturated heterocycles. The van der Waals surface area contributed by atoms with Crippen LogP contribution in [0.2, 0.25) is 0 Å². The number of rotatable bonds is 4. The molecule has 1 aromatic carbocycles. The van der Waals surface area contributed by atoms with Crippen LogP contribution >= 0.6 is 0 Å². The van der Waals surface area contributed by atoms with Crippen LogP contribution in [0.4, 0.5) is 14.5 Å². The van der Waals surface area contributed by atoms with Gasteiger partial charge < -0.3 is 14.6 Å². The average molecular weight is 282 g/mol. The normalized spacial score (nSPS) is 10.4. The Kier molecular flexibility index (Phi) is 3.97. The summed E-state index contributed by atoms with van der Waals surface area (Å²) in [5.41, 5.74) is 0.200. The van der Waals surface area contributed by atoms with E-state index in [2.05, 4.69) is 15.2 Å².